The van der Waals surface area contributed by atoms with Crippen LogP contribution in [0.4, 0.5) is 5.69 Å². The van der Waals surface area contributed by atoms with Gasteiger partial charge in [-0.3, -0.25) is 19.1 Å². The van der Waals surface area contributed by atoms with E-state index in [1.165, 1.54) is 4.57 Å². The first kappa shape index (κ1) is 22.6. The van der Waals surface area contributed by atoms with E-state index in [0.717, 1.165) is 11.3 Å². The van der Waals surface area contributed by atoms with Crippen molar-refractivity contribution in [3.05, 3.63) is 58.6 Å². The largest absolute Gasteiger partial charge is 0.497 e. The molecule has 1 aliphatic rings. The van der Waals surface area contributed by atoms with Crippen molar-refractivity contribution in [2.24, 2.45) is 0 Å². The third-order valence-corrected chi connectivity index (χ3v) is 6.00. The molecule has 0 radical (unpaired) electrons. The quantitative estimate of drug-likeness (QED) is 0.617. The average molecular weight is 453 g/mol. The summed E-state index contributed by atoms with van der Waals surface area (Å²) >= 11 is 0. The normalized spacial score (nSPS) is 16.7. The van der Waals surface area contributed by atoms with Crippen LogP contribution in [-0.2, 0) is 16.1 Å². The molecule has 0 saturated carbocycles. The lowest BCUT2D eigenvalue weighted by atomic mass is 10.0. The van der Waals surface area contributed by atoms with Gasteiger partial charge in [-0.1, -0.05) is 12.1 Å². The van der Waals surface area contributed by atoms with Gasteiger partial charge < -0.3 is 19.4 Å². The summed E-state index contributed by atoms with van der Waals surface area (Å²) in [7, 11) is 1.61. The van der Waals surface area contributed by atoms with E-state index < -0.39 is 5.76 Å². The lowest BCUT2D eigenvalue weighted by Gasteiger charge is -2.41. The second-order valence-corrected chi connectivity index (χ2v) is 8.08. The molecule has 2 aromatic carbocycles. The Morgan fingerprint density at radius 2 is 1.91 bits per heavy atom. The Labute approximate surface area is 191 Å². The molecule has 1 atom stereocenters. The van der Waals surface area contributed by atoms with E-state index in [2.05, 4.69) is 5.32 Å². The number of amides is 2. The number of nitrogens with zero attached hydrogens (tertiary/aromatic N) is 3. The Hall–Kier alpha value is -3.59. The molecule has 3 aromatic rings. The highest BCUT2D eigenvalue weighted by atomic mass is 16.5. The van der Waals surface area contributed by atoms with Crippen molar-refractivity contribution >= 4 is 28.6 Å². The summed E-state index contributed by atoms with van der Waals surface area (Å²) in [5.74, 6) is 0.177. The number of ether oxygens (including phenoxy) is 1. The van der Waals surface area contributed by atoms with Crippen LogP contribution >= 0.6 is 0 Å². The van der Waals surface area contributed by atoms with Crippen molar-refractivity contribution in [1.29, 1.82) is 0 Å². The van der Waals surface area contributed by atoms with Crippen molar-refractivity contribution in [2.45, 2.75) is 26.4 Å². The second-order valence-electron chi connectivity index (χ2n) is 8.08. The predicted molar refractivity (Wildman–Crippen MR) is 124 cm³/mol. The highest BCUT2D eigenvalue weighted by molar-refractivity contribution is 5.94. The summed E-state index contributed by atoms with van der Waals surface area (Å²) in [6, 6.07) is 12.7. The van der Waals surface area contributed by atoms with E-state index in [0.29, 0.717) is 43.0 Å². The highest BCUT2D eigenvalue weighted by Crippen LogP contribution is 2.27. The van der Waals surface area contributed by atoms with Crippen LogP contribution in [0.2, 0.25) is 0 Å². The topological polar surface area (TPSA) is 97.0 Å². The van der Waals surface area contributed by atoms with Crippen LogP contribution in [0.3, 0.4) is 0 Å². The van der Waals surface area contributed by atoms with Crippen LogP contribution < -0.4 is 15.8 Å². The molecule has 0 bridgehead atoms. The summed E-state index contributed by atoms with van der Waals surface area (Å²) in [6.07, 6.45) is 0. The number of benzene rings is 2. The van der Waals surface area contributed by atoms with E-state index >= 15 is 0 Å². The molecular formula is C24H28N4O5. The Bertz CT molecular complexity index is 1210. The van der Waals surface area contributed by atoms with Gasteiger partial charge in [-0.05, 0) is 36.8 Å². The van der Waals surface area contributed by atoms with Crippen molar-refractivity contribution in [3.63, 3.8) is 0 Å². The van der Waals surface area contributed by atoms with Crippen LogP contribution in [0.15, 0.2) is 51.7 Å². The Kier molecular flexibility index (Phi) is 6.50. The van der Waals surface area contributed by atoms with Crippen LogP contribution in [0.5, 0.6) is 5.75 Å². The number of nitrogens with one attached hydrogen (secondary N) is 1. The monoisotopic (exact) mass is 452 g/mol. The minimum atomic E-state index is -0.413. The SMILES string of the molecule is CCn1c(=O)oc2cc(NC(=O)CN3CCN(C(C)=O)[C@@H](c4ccc(OC)cc4)C3)ccc21. The van der Waals surface area contributed by atoms with Gasteiger partial charge in [-0.2, -0.15) is 0 Å². The number of aryl methyl sites for hydroxylation is 1. The Morgan fingerprint density at radius 3 is 2.58 bits per heavy atom. The van der Waals surface area contributed by atoms with Gasteiger partial charge >= 0.3 is 5.76 Å². The molecule has 0 aliphatic carbocycles. The molecule has 1 N–H and O–H groups in total. The average Bonchev–Trinajstić information content (AvgIpc) is 3.12. The van der Waals surface area contributed by atoms with Gasteiger partial charge in [0.25, 0.3) is 0 Å². The summed E-state index contributed by atoms with van der Waals surface area (Å²) < 4.78 is 12.0. The molecule has 9 heteroatoms. The summed E-state index contributed by atoms with van der Waals surface area (Å²) in [5, 5.41) is 2.88. The van der Waals surface area contributed by atoms with E-state index in [1.807, 2.05) is 41.0 Å². The lowest BCUT2D eigenvalue weighted by Crippen LogP contribution is -2.51. The number of anilines is 1. The maximum atomic E-state index is 12.7. The van der Waals surface area contributed by atoms with Crippen LogP contribution in [-0.4, -0.2) is 59.5 Å². The first-order valence-corrected chi connectivity index (χ1v) is 11.0. The van der Waals surface area contributed by atoms with Gasteiger partial charge in [0, 0.05) is 44.9 Å². The fourth-order valence-electron chi connectivity index (χ4n) is 4.32. The van der Waals surface area contributed by atoms with Gasteiger partial charge in [0.15, 0.2) is 5.58 Å². The second kappa shape index (κ2) is 9.50. The molecule has 174 valence electrons. The van der Waals surface area contributed by atoms with E-state index in [4.69, 9.17) is 9.15 Å². The van der Waals surface area contributed by atoms with Crippen molar-refractivity contribution in [3.8, 4) is 5.75 Å². The first-order chi connectivity index (χ1) is 15.9. The molecule has 9 nitrogen and oxygen atoms in total. The molecule has 4 rings (SSSR count). The number of hydrogen-bond donors (Lipinski definition) is 1. The lowest BCUT2D eigenvalue weighted by molar-refractivity contribution is -0.134. The minimum Gasteiger partial charge on any atom is -0.497 e. The maximum Gasteiger partial charge on any atom is 0.419 e. The molecule has 33 heavy (non-hydrogen) atoms. The molecule has 2 heterocycles. The predicted octanol–water partition coefficient (Wildman–Crippen LogP) is 2.47. The number of methoxy groups -OCH3 is 1. The van der Waals surface area contributed by atoms with Gasteiger partial charge in [0.05, 0.1) is 25.2 Å². The smallest absolute Gasteiger partial charge is 0.419 e. The summed E-state index contributed by atoms with van der Waals surface area (Å²) in [6.45, 7) is 5.84. The zero-order valence-electron chi connectivity index (χ0n) is 19.0. The van der Waals surface area contributed by atoms with Crippen LogP contribution in [0, 0.1) is 0 Å². The number of rotatable bonds is 6. The molecule has 1 saturated heterocycles. The van der Waals surface area contributed by atoms with Crippen LogP contribution in [0.25, 0.3) is 11.1 Å². The van der Waals surface area contributed by atoms with E-state index in [1.54, 1.807) is 32.2 Å². The number of hydrogen-bond acceptors (Lipinski definition) is 6. The highest BCUT2D eigenvalue weighted by Gasteiger charge is 2.30. The third kappa shape index (κ3) is 4.78. The van der Waals surface area contributed by atoms with Crippen molar-refractivity contribution in [2.75, 3.05) is 38.6 Å². The van der Waals surface area contributed by atoms with Gasteiger partial charge in [-0.25, -0.2) is 4.79 Å². The van der Waals surface area contributed by atoms with Crippen molar-refractivity contribution in [1.82, 2.24) is 14.4 Å². The van der Waals surface area contributed by atoms with Crippen LogP contribution in [0.1, 0.15) is 25.5 Å². The zero-order chi connectivity index (χ0) is 23.5. The number of oxazole rings is 1. The number of piperazine rings is 1. The zero-order valence-corrected chi connectivity index (χ0v) is 19.0. The van der Waals surface area contributed by atoms with Gasteiger partial charge in [0.2, 0.25) is 11.8 Å². The fraction of sp³-hybridized carbons (Fsp3) is 0.375. The molecule has 1 aliphatic heterocycles. The molecular weight excluding hydrogens is 424 g/mol. The number of carbonyl (C=O) groups is 2. The molecule has 0 unspecified atom stereocenters. The molecule has 0 spiro atoms. The van der Waals surface area contributed by atoms with E-state index in [9.17, 15) is 14.4 Å². The third-order valence-electron chi connectivity index (χ3n) is 6.00. The number of carbonyl (C=O) groups excluding carboxylic acids is 2. The van der Waals surface area contributed by atoms with E-state index in [-0.39, 0.29) is 24.4 Å². The molecule has 1 aromatic heterocycles. The van der Waals surface area contributed by atoms with Gasteiger partial charge in [-0.15, -0.1) is 0 Å². The Morgan fingerprint density at radius 1 is 1.15 bits per heavy atom. The molecule has 1 fully saturated rings. The summed E-state index contributed by atoms with van der Waals surface area (Å²) in [5.41, 5.74) is 2.70. The number of fused-ring (bicyclic) bond motifs is 1. The minimum absolute atomic E-state index is 0.00808. The Balaban J connectivity index is 1.44. The fourth-order valence-corrected chi connectivity index (χ4v) is 4.32. The summed E-state index contributed by atoms with van der Waals surface area (Å²) in [4.78, 5) is 40.7. The molecule has 2 amide bonds. The maximum absolute atomic E-state index is 12.7. The van der Waals surface area contributed by atoms with Gasteiger partial charge in [0.1, 0.15) is 5.75 Å². The van der Waals surface area contributed by atoms with Crippen molar-refractivity contribution < 1.29 is 18.7 Å². The first-order valence-electron chi connectivity index (χ1n) is 11.0. The standard InChI is InChI=1S/C24H28N4O5/c1-4-27-20-10-7-18(13-22(20)33-24(27)31)25-23(30)15-26-11-12-28(16(2)29)21(14-26)17-5-8-19(32-3)9-6-17/h5-10,13,21H,4,11-12,14-15H2,1-3H3,(H,25,30)/t21-/m1/s1. The number of aromatic nitrogens is 1.